The highest BCUT2D eigenvalue weighted by molar-refractivity contribution is 7.90. The number of amides is 1. The minimum absolute atomic E-state index is 0.0758. The number of rotatable bonds is 0. The molecule has 0 radical (unpaired) electrons. The lowest BCUT2D eigenvalue weighted by Crippen LogP contribution is -2.31. The van der Waals surface area contributed by atoms with Crippen LogP contribution in [0.25, 0.3) is 0 Å². The van der Waals surface area contributed by atoms with E-state index in [1.807, 2.05) is 0 Å². The lowest BCUT2D eigenvalue weighted by atomic mass is 10.2. The van der Waals surface area contributed by atoms with Crippen LogP contribution in [0.4, 0.5) is 4.79 Å². The summed E-state index contributed by atoms with van der Waals surface area (Å²) in [6, 6.07) is 4.28. The maximum atomic E-state index is 11.7. The fourth-order valence-corrected chi connectivity index (χ4v) is 3.03. The number of sulfonamides is 1. The molecule has 1 aliphatic rings. The van der Waals surface area contributed by atoms with Gasteiger partial charge in [-0.05, 0) is 12.1 Å². The van der Waals surface area contributed by atoms with Crippen molar-refractivity contribution in [2.24, 2.45) is 4.40 Å². The van der Waals surface area contributed by atoms with Crippen LogP contribution in [0, 0.1) is 0 Å². The van der Waals surface area contributed by atoms with Crippen LogP contribution in [-0.4, -0.2) is 37.4 Å². The van der Waals surface area contributed by atoms with Crippen molar-refractivity contribution in [1.29, 1.82) is 0 Å². The number of halogens is 1. The second kappa shape index (κ2) is 3.71. The van der Waals surface area contributed by atoms with Crippen LogP contribution in [0.15, 0.2) is 27.5 Å². The number of fused-ring (bicyclic) bond motifs is 1. The van der Waals surface area contributed by atoms with Crippen molar-refractivity contribution < 1.29 is 18.3 Å². The molecule has 1 aliphatic heterocycles. The molecule has 90 valence electrons. The Morgan fingerprint density at radius 3 is 2.71 bits per heavy atom. The third kappa shape index (κ3) is 1.77. The lowest BCUT2D eigenvalue weighted by Gasteiger charge is -2.13. The second-order valence-corrected chi connectivity index (χ2v) is 5.32. The monoisotopic (exact) mass is 274 g/mol. The summed E-state index contributed by atoms with van der Waals surface area (Å²) in [5.41, 5.74) is 0.124. The molecule has 1 aromatic carbocycles. The van der Waals surface area contributed by atoms with Crippen molar-refractivity contribution in [3.63, 3.8) is 0 Å². The molecule has 1 N–H and O–H groups in total. The topological polar surface area (TPSA) is 87.0 Å². The molecule has 0 fully saturated rings. The van der Waals surface area contributed by atoms with E-state index in [2.05, 4.69) is 4.40 Å². The highest BCUT2D eigenvalue weighted by Crippen LogP contribution is 2.32. The van der Waals surface area contributed by atoms with Gasteiger partial charge in [0.05, 0.1) is 10.6 Å². The molecule has 0 unspecified atom stereocenters. The summed E-state index contributed by atoms with van der Waals surface area (Å²) in [5.74, 6) is -0.182. The first-order valence-corrected chi connectivity index (χ1v) is 6.27. The summed E-state index contributed by atoms with van der Waals surface area (Å²) in [7, 11) is -2.65. The molecule has 0 aliphatic carbocycles. The number of hydrogen-bond donors (Lipinski definition) is 1. The summed E-state index contributed by atoms with van der Waals surface area (Å²) >= 11 is 5.88. The van der Waals surface area contributed by atoms with Crippen molar-refractivity contribution >= 4 is 33.6 Å². The Kier molecular flexibility index (Phi) is 2.59. The SMILES string of the molecule is CN(C(=O)O)C1=NS(=O)(=O)c2cccc(Cl)c21. The minimum Gasteiger partial charge on any atom is -0.465 e. The lowest BCUT2D eigenvalue weighted by molar-refractivity contribution is 0.176. The van der Waals surface area contributed by atoms with Crippen molar-refractivity contribution in [1.82, 2.24) is 4.90 Å². The molecule has 0 spiro atoms. The smallest absolute Gasteiger partial charge is 0.412 e. The van der Waals surface area contributed by atoms with Gasteiger partial charge in [0.1, 0.15) is 4.90 Å². The molecular weight excluding hydrogens is 268 g/mol. The molecule has 1 aromatic rings. The largest absolute Gasteiger partial charge is 0.465 e. The zero-order chi connectivity index (χ0) is 12.8. The van der Waals surface area contributed by atoms with Crippen LogP contribution in [0.3, 0.4) is 0 Å². The fourth-order valence-electron chi connectivity index (χ4n) is 1.46. The molecule has 0 saturated heterocycles. The molecule has 0 aromatic heterocycles. The van der Waals surface area contributed by atoms with E-state index in [0.717, 1.165) is 4.90 Å². The predicted octanol–water partition coefficient (Wildman–Crippen LogP) is 1.40. The minimum atomic E-state index is -3.86. The molecule has 8 heteroatoms. The number of hydrogen-bond acceptors (Lipinski definition) is 3. The molecule has 2 rings (SSSR count). The number of amidine groups is 1. The van der Waals surface area contributed by atoms with Crippen LogP contribution in [0.2, 0.25) is 5.02 Å². The summed E-state index contributed by atoms with van der Waals surface area (Å²) in [6.45, 7) is 0. The normalized spacial score (nSPS) is 16.2. The first-order chi connectivity index (χ1) is 7.84. The van der Waals surface area contributed by atoms with Gasteiger partial charge in [0.2, 0.25) is 0 Å². The summed E-state index contributed by atoms with van der Waals surface area (Å²) in [5, 5.41) is 8.98. The average molecular weight is 275 g/mol. The van der Waals surface area contributed by atoms with Crippen molar-refractivity contribution in [3.05, 3.63) is 28.8 Å². The van der Waals surface area contributed by atoms with Crippen molar-refractivity contribution in [2.75, 3.05) is 7.05 Å². The van der Waals surface area contributed by atoms with E-state index in [1.54, 1.807) is 0 Å². The third-order valence-corrected chi connectivity index (χ3v) is 3.91. The van der Waals surface area contributed by atoms with Gasteiger partial charge in [0.25, 0.3) is 10.0 Å². The molecule has 1 heterocycles. The van der Waals surface area contributed by atoms with Gasteiger partial charge in [-0.1, -0.05) is 17.7 Å². The Balaban J connectivity index is 2.72. The molecule has 1 amide bonds. The summed E-state index contributed by atoms with van der Waals surface area (Å²) < 4.78 is 26.8. The Labute approximate surface area is 102 Å². The highest BCUT2D eigenvalue weighted by atomic mass is 35.5. The molecule has 6 nitrogen and oxygen atoms in total. The van der Waals surface area contributed by atoms with Gasteiger partial charge >= 0.3 is 6.09 Å². The zero-order valence-corrected chi connectivity index (χ0v) is 10.2. The Morgan fingerprint density at radius 2 is 2.12 bits per heavy atom. The maximum Gasteiger partial charge on any atom is 0.412 e. The van der Waals surface area contributed by atoms with E-state index >= 15 is 0 Å². The maximum absolute atomic E-state index is 11.7. The van der Waals surface area contributed by atoms with E-state index in [4.69, 9.17) is 16.7 Å². The van der Waals surface area contributed by atoms with E-state index < -0.39 is 16.1 Å². The van der Waals surface area contributed by atoms with Crippen molar-refractivity contribution in [2.45, 2.75) is 4.90 Å². The molecular formula is C9H7ClN2O4S. The van der Waals surface area contributed by atoms with Crippen molar-refractivity contribution in [3.8, 4) is 0 Å². The first-order valence-electron chi connectivity index (χ1n) is 4.45. The van der Waals surface area contributed by atoms with Gasteiger partial charge in [-0.2, -0.15) is 8.42 Å². The number of carboxylic acid groups (broad SMARTS) is 1. The van der Waals surface area contributed by atoms with Crippen LogP contribution >= 0.6 is 11.6 Å². The van der Waals surface area contributed by atoms with E-state index in [9.17, 15) is 13.2 Å². The average Bonchev–Trinajstić information content (AvgIpc) is 2.51. The number of benzene rings is 1. The Morgan fingerprint density at radius 1 is 1.47 bits per heavy atom. The second-order valence-electron chi connectivity index (χ2n) is 3.34. The Hall–Kier alpha value is -1.60. The zero-order valence-electron chi connectivity index (χ0n) is 8.58. The van der Waals surface area contributed by atoms with E-state index in [-0.39, 0.29) is 21.3 Å². The van der Waals surface area contributed by atoms with Gasteiger partial charge in [-0.15, -0.1) is 4.40 Å². The van der Waals surface area contributed by atoms with Gasteiger partial charge < -0.3 is 5.11 Å². The molecule has 0 atom stereocenters. The third-order valence-electron chi connectivity index (χ3n) is 2.29. The predicted molar refractivity (Wildman–Crippen MR) is 61.0 cm³/mol. The van der Waals surface area contributed by atoms with Crippen LogP contribution in [0.5, 0.6) is 0 Å². The first kappa shape index (κ1) is 11.9. The highest BCUT2D eigenvalue weighted by Gasteiger charge is 2.34. The van der Waals surface area contributed by atoms with Crippen LogP contribution < -0.4 is 0 Å². The molecule has 0 bridgehead atoms. The standard InChI is InChI=1S/C9H7ClN2O4S/c1-12(9(13)14)8-7-5(10)3-2-4-6(7)17(15,16)11-8/h2-4H,1H3,(H,13,14). The number of carbonyl (C=O) groups is 1. The van der Waals surface area contributed by atoms with Gasteiger partial charge in [0, 0.05) is 7.05 Å². The van der Waals surface area contributed by atoms with Crippen LogP contribution in [-0.2, 0) is 10.0 Å². The summed E-state index contributed by atoms with van der Waals surface area (Å²) in [4.78, 5) is 11.5. The van der Waals surface area contributed by atoms with E-state index in [0.29, 0.717) is 0 Å². The quantitative estimate of drug-likeness (QED) is 0.775. The fraction of sp³-hybridized carbons (Fsp3) is 0.111. The Bertz CT molecular complexity index is 638. The number of nitrogens with zero attached hydrogens (tertiary/aromatic N) is 2. The van der Waals surface area contributed by atoms with Gasteiger partial charge in [-0.3, -0.25) is 4.90 Å². The molecule has 0 saturated carbocycles. The molecule has 17 heavy (non-hydrogen) atoms. The van der Waals surface area contributed by atoms with Gasteiger partial charge in [0.15, 0.2) is 5.84 Å². The van der Waals surface area contributed by atoms with Crippen LogP contribution in [0.1, 0.15) is 5.56 Å². The van der Waals surface area contributed by atoms with E-state index in [1.165, 1.54) is 25.2 Å². The summed E-state index contributed by atoms with van der Waals surface area (Å²) in [6.07, 6.45) is -1.31. The van der Waals surface area contributed by atoms with Gasteiger partial charge in [-0.25, -0.2) is 4.79 Å².